The van der Waals surface area contributed by atoms with Gasteiger partial charge in [-0.3, -0.25) is 4.79 Å². The van der Waals surface area contributed by atoms with Gasteiger partial charge in [0.1, 0.15) is 22.4 Å². The molecule has 3 aromatic heterocycles. The molecule has 9 heteroatoms. The van der Waals surface area contributed by atoms with E-state index in [9.17, 15) is 9.59 Å². The fourth-order valence-electron chi connectivity index (χ4n) is 3.41. The van der Waals surface area contributed by atoms with Gasteiger partial charge in [0.25, 0.3) is 0 Å². The van der Waals surface area contributed by atoms with Crippen LogP contribution in [-0.2, 0) is 22.6 Å². The zero-order valence-electron chi connectivity index (χ0n) is 18.5. The van der Waals surface area contributed by atoms with Crippen molar-refractivity contribution in [3.63, 3.8) is 0 Å². The third-order valence-corrected chi connectivity index (χ3v) is 6.78. The van der Waals surface area contributed by atoms with Gasteiger partial charge in [-0.2, -0.15) is 0 Å². The number of nitrogens with one attached hydrogen (secondary N) is 1. The van der Waals surface area contributed by atoms with Gasteiger partial charge >= 0.3 is 5.97 Å². The summed E-state index contributed by atoms with van der Waals surface area (Å²) in [6, 6.07) is 13.0. The number of ether oxygens (including phenoxy) is 2. The number of nitrogens with zero attached hydrogens (tertiary/aromatic N) is 2. The summed E-state index contributed by atoms with van der Waals surface area (Å²) in [4.78, 5) is 29.6. The molecule has 170 valence electrons. The van der Waals surface area contributed by atoms with Crippen LogP contribution in [0.15, 0.2) is 53.2 Å². The lowest BCUT2D eigenvalue weighted by Gasteiger charge is -2.10. The second-order valence-electron chi connectivity index (χ2n) is 7.32. The summed E-state index contributed by atoms with van der Waals surface area (Å²) in [5, 5.41) is 7.99. The second-order valence-corrected chi connectivity index (χ2v) is 9.16. The van der Waals surface area contributed by atoms with Crippen LogP contribution in [0.25, 0.3) is 5.00 Å². The van der Waals surface area contributed by atoms with Gasteiger partial charge in [0, 0.05) is 16.8 Å². The molecular formula is C24H23N3O4S2. The molecule has 0 spiro atoms. The number of para-hydroxylation sites is 2. The number of rotatable bonds is 8. The maximum Gasteiger partial charge on any atom is 0.341 e. The molecule has 4 aromatic rings. The Labute approximate surface area is 199 Å². The number of esters is 1. The van der Waals surface area contributed by atoms with Crippen molar-refractivity contribution in [2.75, 3.05) is 12.4 Å². The largest absolute Gasteiger partial charge is 0.495 e. The van der Waals surface area contributed by atoms with E-state index < -0.39 is 5.97 Å². The fourth-order valence-corrected chi connectivity index (χ4v) is 5.19. The maximum absolute atomic E-state index is 12.7. The molecule has 7 nitrogen and oxygen atoms in total. The summed E-state index contributed by atoms with van der Waals surface area (Å²) in [6.07, 6.45) is 0.123. The average molecular weight is 482 g/mol. The Kier molecular flexibility index (Phi) is 6.90. The molecule has 0 radical (unpaired) electrons. The van der Waals surface area contributed by atoms with Crippen LogP contribution >= 0.6 is 22.7 Å². The number of carbonyl (C=O) groups is 2. The van der Waals surface area contributed by atoms with Gasteiger partial charge in [-0.25, -0.2) is 9.78 Å². The average Bonchev–Trinajstić information content (AvgIpc) is 3.53. The molecule has 0 bridgehead atoms. The first-order valence-corrected chi connectivity index (χ1v) is 12.0. The third-order valence-electron chi connectivity index (χ3n) is 4.98. The molecule has 0 aliphatic heterocycles. The smallest absolute Gasteiger partial charge is 0.341 e. The SMILES string of the molecule is COc1ccccc1NC(=O)Cc1nc(COC(=O)c2ccsc2-n2c(C)ccc2C)cs1. The predicted octanol–water partition coefficient (Wildman–Crippen LogP) is 5.16. The lowest BCUT2D eigenvalue weighted by molar-refractivity contribution is -0.115. The molecule has 1 N–H and O–H groups in total. The lowest BCUT2D eigenvalue weighted by Crippen LogP contribution is -2.15. The minimum absolute atomic E-state index is 0.0440. The van der Waals surface area contributed by atoms with Crippen LogP contribution in [0.1, 0.15) is 32.4 Å². The molecule has 0 atom stereocenters. The highest BCUT2D eigenvalue weighted by Gasteiger charge is 2.19. The standard InChI is InChI=1S/C24H23N3O4S2/c1-15-8-9-16(2)27(15)23-18(10-11-32-23)24(29)31-13-17-14-33-22(25-17)12-21(28)26-19-6-4-5-7-20(19)30-3/h4-11,14H,12-13H2,1-3H3,(H,26,28). The molecule has 1 amide bonds. The highest BCUT2D eigenvalue weighted by atomic mass is 32.1. The summed E-state index contributed by atoms with van der Waals surface area (Å²) in [5.74, 6) is -0.00400. The highest BCUT2D eigenvalue weighted by Crippen LogP contribution is 2.27. The van der Waals surface area contributed by atoms with Crippen LogP contribution in [0.3, 0.4) is 0 Å². The number of methoxy groups -OCH3 is 1. The molecule has 0 fully saturated rings. The van der Waals surface area contributed by atoms with E-state index in [0.29, 0.717) is 27.7 Å². The van der Waals surface area contributed by atoms with Crippen LogP contribution in [0.2, 0.25) is 0 Å². The predicted molar refractivity (Wildman–Crippen MR) is 130 cm³/mol. The molecule has 0 aliphatic rings. The summed E-state index contributed by atoms with van der Waals surface area (Å²) in [6.45, 7) is 4.05. The van der Waals surface area contributed by atoms with Gasteiger partial charge < -0.3 is 19.4 Å². The van der Waals surface area contributed by atoms with Gasteiger partial charge in [0.15, 0.2) is 0 Å². The third kappa shape index (κ3) is 5.15. The number of anilines is 1. The number of thiophene rings is 1. The van der Waals surface area contributed by atoms with E-state index in [1.165, 1.54) is 22.7 Å². The van der Waals surface area contributed by atoms with Crippen molar-refractivity contribution in [3.8, 4) is 10.8 Å². The van der Waals surface area contributed by atoms with Gasteiger partial charge in [-0.1, -0.05) is 12.1 Å². The summed E-state index contributed by atoms with van der Waals surface area (Å²) in [7, 11) is 1.55. The maximum atomic E-state index is 12.7. The zero-order chi connectivity index (χ0) is 23.4. The van der Waals surface area contributed by atoms with Crippen LogP contribution in [-0.4, -0.2) is 28.5 Å². The molecular weight excluding hydrogens is 458 g/mol. The number of benzene rings is 1. The Morgan fingerprint density at radius 2 is 1.82 bits per heavy atom. The van der Waals surface area contributed by atoms with Crippen LogP contribution in [0.4, 0.5) is 5.69 Å². The highest BCUT2D eigenvalue weighted by molar-refractivity contribution is 7.13. The van der Waals surface area contributed by atoms with Gasteiger partial charge in [-0.15, -0.1) is 22.7 Å². The minimum atomic E-state index is -0.401. The second kappa shape index (κ2) is 10.0. The molecule has 1 aromatic carbocycles. The molecule has 0 unspecified atom stereocenters. The molecule has 0 saturated carbocycles. The van der Waals surface area contributed by atoms with Crippen molar-refractivity contribution in [1.82, 2.24) is 9.55 Å². The van der Waals surface area contributed by atoms with Crippen molar-refractivity contribution >= 4 is 40.2 Å². The van der Waals surface area contributed by atoms with E-state index in [1.807, 2.05) is 48.1 Å². The van der Waals surface area contributed by atoms with Crippen molar-refractivity contribution in [2.45, 2.75) is 26.9 Å². The number of hydrogen-bond acceptors (Lipinski definition) is 7. The number of aryl methyl sites for hydroxylation is 2. The van der Waals surface area contributed by atoms with E-state index in [-0.39, 0.29) is 18.9 Å². The Hall–Kier alpha value is -3.43. The van der Waals surface area contributed by atoms with Crippen LogP contribution in [0, 0.1) is 13.8 Å². The number of hydrogen-bond donors (Lipinski definition) is 1. The van der Waals surface area contributed by atoms with E-state index in [0.717, 1.165) is 16.4 Å². The van der Waals surface area contributed by atoms with Gasteiger partial charge in [0.05, 0.1) is 30.5 Å². The molecule has 3 heterocycles. The van der Waals surface area contributed by atoms with E-state index in [2.05, 4.69) is 10.3 Å². The van der Waals surface area contributed by atoms with E-state index >= 15 is 0 Å². The quantitative estimate of drug-likeness (QED) is 0.352. The number of aromatic nitrogens is 2. The summed E-state index contributed by atoms with van der Waals surface area (Å²) >= 11 is 2.85. The molecule has 0 saturated heterocycles. The van der Waals surface area contributed by atoms with Crippen LogP contribution < -0.4 is 10.1 Å². The lowest BCUT2D eigenvalue weighted by atomic mass is 10.3. The Morgan fingerprint density at radius 1 is 1.06 bits per heavy atom. The van der Waals surface area contributed by atoms with Crippen molar-refractivity contribution in [3.05, 3.63) is 80.9 Å². The van der Waals surface area contributed by atoms with Gasteiger partial charge in [0.2, 0.25) is 5.91 Å². The molecule has 33 heavy (non-hydrogen) atoms. The first-order valence-electron chi connectivity index (χ1n) is 10.2. The number of thiazole rings is 1. The Bertz CT molecular complexity index is 1270. The normalized spacial score (nSPS) is 10.8. The van der Waals surface area contributed by atoms with Crippen molar-refractivity contribution < 1.29 is 19.1 Å². The van der Waals surface area contributed by atoms with Crippen LogP contribution in [0.5, 0.6) is 5.75 Å². The summed E-state index contributed by atoms with van der Waals surface area (Å²) < 4.78 is 12.8. The van der Waals surface area contributed by atoms with Crippen molar-refractivity contribution in [1.29, 1.82) is 0 Å². The van der Waals surface area contributed by atoms with Crippen molar-refractivity contribution in [2.24, 2.45) is 0 Å². The molecule has 4 rings (SSSR count). The van der Waals surface area contributed by atoms with E-state index in [4.69, 9.17) is 9.47 Å². The zero-order valence-corrected chi connectivity index (χ0v) is 20.1. The first-order chi connectivity index (χ1) is 16.0. The number of carbonyl (C=O) groups excluding carboxylic acids is 2. The van der Waals surface area contributed by atoms with Gasteiger partial charge in [-0.05, 0) is 49.6 Å². The Morgan fingerprint density at radius 3 is 2.58 bits per heavy atom. The van der Waals surface area contributed by atoms with E-state index in [1.54, 1.807) is 30.7 Å². The monoisotopic (exact) mass is 481 g/mol. The summed E-state index contributed by atoms with van der Waals surface area (Å²) in [5.41, 5.74) is 3.85. The number of amides is 1. The first kappa shape index (κ1) is 22.8. The molecule has 0 aliphatic carbocycles. The fraction of sp³-hybridized carbons (Fsp3) is 0.208. The Balaban J connectivity index is 1.36. The topological polar surface area (TPSA) is 82.5 Å². The minimum Gasteiger partial charge on any atom is -0.495 e.